The van der Waals surface area contributed by atoms with Gasteiger partial charge in [0, 0.05) is 14.6 Å². The monoisotopic (exact) mass is 228 g/mol. The number of halogens is 1. The molecule has 1 saturated carbocycles. The lowest BCUT2D eigenvalue weighted by atomic mass is 10.4. The van der Waals surface area contributed by atoms with E-state index < -0.39 is 0 Å². The average molecular weight is 229 g/mol. The summed E-state index contributed by atoms with van der Waals surface area (Å²) in [6.07, 6.45) is 2.79. The standard InChI is InChI=1S/C9H9BrS/c10-8-3-1-2-4-9(8)11-7-5-6-7/h1-4,7H,5-6H2. The van der Waals surface area contributed by atoms with Crippen molar-refractivity contribution in [1.82, 2.24) is 0 Å². The minimum Gasteiger partial charge on any atom is -0.122 e. The van der Waals surface area contributed by atoms with Crippen molar-refractivity contribution >= 4 is 27.7 Å². The fourth-order valence-corrected chi connectivity index (χ4v) is 2.54. The SMILES string of the molecule is Brc1ccccc1SC1CC1. The molecule has 0 bridgehead atoms. The Kier molecular flexibility index (Phi) is 2.23. The summed E-state index contributed by atoms with van der Waals surface area (Å²) in [6, 6.07) is 8.42. The van der Waals surface area contributed by atoms with E-state index in [1.807, 2.05) is 11.8 Å². The molecule has 0 spiro atoms. The van der Waals surface area contributed by atoms with E-state index in [1.165, 1.54) is 22.2 Å². The van der Waals surface area contributed by atoms with Crippen LogP contribution in [0.1, 0.15) is 12.8 Å². The van der Waals surface area contributed by atoms with Crippen LogP contribution in [0.15, 0.2) is 33.6 Å². The molecule has 0 nitrogen and oxygen atoms in total. The summed E-state index contributed by atoms with van der Waals surface area (Å²) < 4.78 is 1.23. The first-order valence-electron chi connectivity index (χ1n) is 3.77. The van der Waals surface area contributed by atoms with Gasteiger partial charge in [-0.15, -0.1) is 11.8 Å². The zero-order chi connectivity index (χ0) is 7.68. The molecule has 1 aromatic rings. The minimum absolute atomic E-state index is 0.897. The molecule has 2 heteroatoms. The van der Waals surface area contributed by atoms with Gasteiger partial charge in [0.25, 0.3) is 0 Å². The molecule has 0 atom stereocenters. The molecule has 1 aliphatic rings. The van der Waals surface area contributed by atoms with Crippen LogP contribution < -0.4 is 0 Å². The molecule has 0 N–H and O–H groups in total. The van der Waals surface area contributed by atoms with Gasteiger partial charge in [0.15, 0.2) is 0 Å². The second-order valence-electron chi connectivity index (χ2n) is 2.75. The molecular formula is C9H9BrS. The molecule has 0 radical (unpaired) electrons. The van der Waals surface area contributed by atoms with Crippen LogP contribution in [0.3, 0.4) is 0 Å². The molecule has 11 heavy (non-hydrogen) atoms. The fraction of sp³-hybridized carbons (Fsp3) is 0.333. The predicted molar refractivity (Wildman–Crippen MR) is 53.0 cm³/mol. The van der Waals surface area contributed by atoms with Gasteiger partial charge in [-0.2, -0.15) is 0 Å². The summed E-state index contributed by atoms with van der Waals surface area (Å²) in [5, 5.41) is 0.897. The second-order valence-corrected chi connectivity index (χ2v) is 4.94. The zero-order valence-corrected chi connectivity index (χ0v) is 8.49. The molecule has 0 aliphatic heterocycles. The first-order valence-corrected chi connectivity index (χ1v) is 5.45. The third-order valence-corrected chi connectivity index (χ3v) is 4.02. The van der Waals surface area contributed by atoms with Crippen molar-refractivity contribution in [2.24, 2.45) is 0 Å². The normalized spacial score (nSPS) is 16.8. The maximum atomic E-state index is 3.53. The van der Waals surface area contributed by atoms with E-state index in [9.17, 15) is 0 Å². The highest BCUT2D eigenvalue weighted by molar-refractivity contribution is 9.10. The highest BCUT2D eigenvalue weighted by Gasteiger charge is 2.22. The van der Waals surface area contributed by atoms with Crippen LogP contribution >= 0.6 is 27.7 Å². The first kappa shape index (κ1) is 7.69. The van der Waals surface area contributed by atoms with Crippen molar-refractivity contribution in [3.63, 3.8) is 0 Å². The summed E-state index contributed by atoms with van der Waals surface area (Å²) in [5.74, 6) is 0. The van der Waals surface area contributed by atoms with Gasteiger partial charge >= 0.3 is 0 Å². The molecule has 1 aliphatic carbocycles. The van der Waals surface area contributed by atoms with Gasteiger partial charge in [-0.05, 0) is 40.9 Å². The Morgan fingerprint density at radius 1 is 1.27 bits per heavy atom. The third kappa shape index (κ3) is 2.00. The first-order chi connectivity index (χ1) is 5.36. The van der Waals surface area contributed by atoms with E-state index in [1.54, 1.807) is 0 Å². The van der Waals surface area contributed by atoms with E-state index in [0.29, 0.717) is 0 Å². The Bertz CT molecular complexity index is 255. The van der Waals surface area contributed by atoms with Crippen LogP contribution in [0.5, 0.6) is 0 Å². The van der Waals surface area contributed by atoms with E-state index in [4.69, 9.17) is 0 Å². The molecular weight excluding hydrogens is 220 g/mol. The van der Waals surface area contributed by atoms with Crippen LogP contribution in [0.2, 0.25) is 0 Å². The summed E-state index contributed by atoms with van der Waals surface area (Å²) in [7, 11) is 0. The van der Waals surface area contributed by atoms with Crippen LogP contribution in [-0.2, 0) is 0 Å². The lowest BCUT2D eigenvalue weighted by Crippen LogP contribution is -1.75. The van der Waals surface area contributed by atoms with Crippen molar-refractivity contribution in [2.75, 3.05) is 0 Å². The Morgan fingerprint density at radius 2 is 2.00 bits per heavy atom. The van der Waals surface area contributed by atoms with Gasteiger partial charge in [-0.1, -0.05) is 12.1 Å². The number of rotatable bonds is 2. The van der Waals surface area contributed by atoms with Gasteiger partial charge in [-0.3, -0.25) is 0 Å². The predicted octanol–water partition coefficient (Wildman–Crippen LogP) is 3.70. The van der Waals surface area contributed by atoms with E-state index in [0.717, 1.165) is 5.25 Å². The van der Waals surface area contributed by atoms with Crippen LogP contribution in [-0.4, -0.2) is 5.25 Å². The van der Waals surface area contributed by atoms with Gasteiger partial charge < -0.3 is 0 Å². The number of thioether (sulfide) groups is 1. The Hall–Kier alpha value is 0.0500. The summed E-state index contributed by atoms with van der Waals surface area (Å²) >= 11 is 5.52. The fourth-order valence-electron chi connectivity index (χ4n) is 0.906. The molecule has 0 aromatic heterocycles. The van der Waals surface area contributed by atoms with Crippen molar-refractivity contribution in [1.29, 1.82) is 0 Å². The average Bonchev–Trinajstić information content (AvgIpc) is 2.78. The van der Waals surface area contributed by atoms with Gasteiger partial charge in [0.05, 0.1) is 0 Å². The number of benzene rings is 1. The highest BCUT2D eigenvalue weighted by Crippen LogP contribution is 2.41. The van der Waals surface area contributed by atoms with E-state index in [2.05, 4.69) is 40.2 Å². The Labute approximate surface area is 79.5 Å². The van der Waals surface area contributed by atoms with Crippen molar-refractivity contribution in [3.05, 3.63) is 28.7 Å². The summed E-state index contributed by atoms with van der Waals surface area (Å²) in [4.78, 5) is 1.38. The number of hydrogen-bond donors (Lipinski definition) is 0. The van der Waals surface area contributed by atoms with Gasteiger partial charge in [0.1, 0.15) is 0 Å². The van der Waals surface area contributed by atoms with E-state index >= 15 is 0 Å². The molecule has 0 unspecified atom stereocenters. The smallest absolute Gasteiger partial charge is 0.0311 e. The summed E-state index contributed by atoms with van der Waals surface area (Å²) in [6.45, 7) is 0. The van der Waals surface area contributed by atoms with Crippen molar-refractivity contribution in [3.8, 4) is 0 Å². The second kappa shape index (κ2) is 3.20. The third-order valence-electron chi connectivity index (χ3n) is 1.65. The molecule has 0 saturated heterocycles. The van der Waals surface area contributed by atoms with Crippen LogP contribution in [0.25, 0.3) is 0 Å². The quantitative estimate of drug-likeness (QED) is 0.745. The molecule has 1 fully saturated rings. The maximum absolute atomic E-state index is 3.53. The highest BCUT2D eigenvalue weighted by atomic mass is 79.9. The molecule has 0 heterocycles. The van der Waals surface area contributed by atoms with Crippen LogP contribution in [0.4, 0.5) is 0 Å². The summed E-state index contributed by atoms with van der Waals surface area (Å²) in [5.41, 5.74) is 0. The van der Waals surface area contributed by atoms with E-state index in [-0.39, 0.29) is 0 Å². The topological polar surface area (TPSA) is 0 Å². The van der Waals surface area contributed by atoms with Gasteiger partial charge in [0.2, 0.25) is 0 Å². The number of hydrogen-bond acceptors (Lipinski definition) is 1. The molecule has 58 valence electrons. The molecule has 1 aromatic carbocycles. The Balaban J connectivity index is 2.15. The van der Waals surface area contributed by atoms with Gasteiger partial charge in [-0.25, -0.2) is 0 Å². The maximum Gasteiger partial charge on any atom is 0.0311 e. The zero-order valence-electron chi connectivity index (χ0n) is 6.09. The van der Waals surface area contributed by atoms with Crippen LogP contribution in [0, 0.1) is 0 Å². The minimum atomic E-state index is 0.897. The Morgan fingerprint density at radius 3 is 2.64 bits per heavy atom. The lowest BCUT2D eigenvalue weighted by molar-refractivity contribution is 1.38. The van der Waals surface area contributed by atoms with Crippen molar-refractivity contribution in [2.45, 2.75) is 23.0 Å². The molecule has 0 amide bonds. The largest absolute Gasteiger partial charge is 0.122 e. The van der Waals surface area contributed by atoms with Crippen molar-refractivity contribution < 1.29 is 0 Å². The lowest BCUT2D eigenvalue weighted by Gasteiger charge is -2.00. The molecule has 2 rings (SSSR count).